The Morgan fingerprint density at radius 3 is 2.48 bits per heavy atom. The van der Waals surface area contributed by atoms with Crippen molar-refractivity contribution in [3.05, 3.63) is 59.7 Å². The van der Waals surface area contributed by atoms with Gasteiger partial charge in [-0.15, -0.1) is 0 Å². The van der Waals surface area contributed by atoms with E-state index >= 15 is 0 Å². The highest BCUT2D eigenvalue weighted by atomic mass is 19.4. The fourth-order valence-corrected chi connectivity index (χ4v) is 1.97. The molecule has 1 amide bonds. The minimum absolute atomic E-state index is 0.0190. The molecule has 0 heterocycles. The number of benzene rings is 2. The van der Waals surface area contributed by atoms with E-state index in [-0.39, 0.29) is 29.5 Å². The Balaban J connectivity index is 2.12. The molecule has 130 valence electrons. The summed E-state index contributed by atoms with van der Waals surface area (Å²) in [7, 11) is 0. The van der Waals surface area contributed by atoms with Crippen LogP contribution in [0.3, 0.4) is 0 Å². The van der Waals surface area contributed by atoms with Crippen LogP contribution >= 0.6 is 0 Å². The second-order valence-electron chi connectivity index (χ2n) is 5.40. The number of nitriles is 1. The maximum absolute atomic E-state index is 12.7. The van der Waals surface area contributed by atoms with Gasteiger partial charge in [0, 0.05) is 12.1 Å². The van der Waals surface area contributed by atoms with Crippen LogP contribution in [0.15, 0.2) is 48.5 Å². The molecule has 0 saturated heterocycles. The Kier molecular flexibility index (Phi) is 5.65. The standard InChI is InChI=1S/C18H15F3N2O2/c1-12(10-22)11-23-17(24)13-4-2-6-15(8-13)25-16-7-3-5-14(9-16)18(19,20)21/h2-9,12H,11H2,1H3,(H,23,24). The van der Waals surface area contributed by atoms with Crippen LogP contribution in [0.1, 0.15) is 22.8 Å². The van der Waals surface area contributed by atoms with Crippen molar-refractivity contribution in [2.45, 2.75) is 13.1 Å². The second kappa shape index (κ2) is 7.71. The minimum Gasteiger partial charge on any atom is -0.457 e. The van der Waals surface area contributed by atoms with Crippen molar-refractivity contribution in [3.8, 4) is 17.6 Å². The number of hydrogen-bond donors (Lipinski definition) is 1. The fraction of sp³-hybridized carbons (Fsp3) is 0.222. The van der Waals surface area contributed by atoms with Gasteiger partial charge in [0.2, 0.25) is 0 Å². The van der Waals surface area contributed by atoms with Gasteiger partial charge in [-0.1, -0.05) is 12.1 Å². The number of ether oxygens (including phenoxy) is 1. The molecule has 1 unspecified atom stereocenters. The molecule has 0 spiro atoms. The van der Waals surface area contributed by atoms with E-state index in [0.29, 0.717) is 0 Å². The molecule has 2 aromatic rings. The van der Waals surface area contributed by atoms with E-state index in [2.05, 4.69) is 5.32 Å². The van der Waals surface area contributed by atoms with Crippen molar-refractivity contribution in [2.75, 3.05) is 6.54 Å². The average molecular weight is 348 g/mol. The number of carbonyl (C=O) groups excluding carboxylic acids is 1. The van der Waals surface area contributed by atoms with Gasteiger partial charge in [-0.3, -0.25) is 4.79 Å². The summed E-state index contributed by atoms with van der Waals surface area (Å²) in [5, 5.41) is 11.3. The molecule has 25 heavy (non-hydrogen) atoms. The minimum atomic E-state index is -4.46. The maximum atomic E-state index is 12.7. The summed E-state index contributed by atoms with van der Waals surface area (Å²) in [5.41, 5.74) is -0.529. The molecule has 2 rings (SSSR count). The molecule has 4 nitrogen and oxygen atoms in total. The molecule has 1 atom stereocenters. The van der Waals surface area contributed by atoms with Gasteiger partial charge >= 0.3 is 6.18 Å². The first-order valence-electron chi connectivity index (χ1n) is 7.42. The number of alkyl halides is 3. The molecule has 7 heteroatoms. The van der Waals surface area contributed by atoms with E-state index < -0.39 is 17.6 Å². The van der Waals surface area contributed by atoms with E-state index in [1.807, 2.05) is 6.07 Å². The summed E-state index contributed by atoms with van der Waals surface area (Å²) in [5.74, 6) is -0.462. The molecule has 0 saturated carbocycles. The summed E-state index contributed by atoms with van der Waals surface area (Å²) in [6.07, 6.45) is -4.46. The van der Waals surface area contributed by atoms with Gasteiger partial charge in [0.05, 0.1) is 17.6 Å². The van der Waals surface area contributed by atoms with E-state index in [9.17, 15) is 18.0 Å². The lowest BCUT2D eigenvalue weighted by molar-refractivity contribution is -0.137. The van der Waals surface area contributed by atoms with Crippen LogP contribution in [0.25, 0.3) is 0 Å². The molecule has 0 radical (unpaired) electrons. The summed E-state index contributed by atoms with van der Waals surface area (Å²) >= 11 is 0. The van der Waals surface area contributed by atoms with Crippen molar-refractivity contribution < 1.29 is 22.7 Å². The average Bonchev–Trinajstić information content (AvgIpc) is 2.59. The number of nitrogens with one attached hydrogen (secondary N) is 1. The lowest BCUT2D eigenvalue weighted by Gasteiger charge is -2.11. The van der Waals surface area contributed by atoms with Gasteiger partial charge in [0.15, 0.2) is 0 Å². The zero-order chi connectivity index (χ0) is 18.4. The first-order valence-corrected chi connectivity index (χ1v) is 7.42. The number of halogens is 3. The monoisotopic (exact) mass is 348 g/mol. The summed E-state index contributed by atoms with van der Waals surface area (Å²) in [6, 6.07) is 12.6. The highest BCUT2D eigenvalue weighted by Crippen LogP contribution is 2.32. The van der Waals surface area contributed by atoms with Crippen LogP contribution in [0.4, 0.5) is 13.2 Å². The van der Waals surface area contributed by atoms with Gasteiger partial charge in [-0.2, -0.15) is 18.4 Å². The normalized spacial score (nSPS) is 12.1. The second-order valence-corrected chi connectivity index (χ2v) is 5.40. The first kappa shape index (κ1) is 18.3. The Labute approximate surface area is 142 Å². The summed E-state index contributed by atoms with van der Waals surface area (Å²) in [4.78, 5) is 12.0. The molecule has 0 aromatic heterocycles. The Bertz CT molecular complexity index is 797. The number of rotatable bonds is 5. The highest BCUT2D eigenvalue weighted by Gasteiger charge is 2.30. The summed E-state index contributed by atoms with van der Waals surface area (Å²) in [6.45, 7) is 1.88. The zero-order valence-corrected chi connectivity index (χ0v) is 13.3. The van der Waals surface area contributed by atoms with Crippen molar-refractivity contribution in [1.82, 2.24) is 5.32 Å². The van der Waals surface area contributed by atoms with Crippen molar-refractivity contribution in [2.24, 2.45) is 5.92 Å². The van der Waals surface area contributed by atoms with Crippen LogP contribution in [-0.2, 0) is 6.18 Å². The lowest BCUT2D eigenvalue weighted by Crippen LogP contribution is -2.27. The predicted octanol–water partition coefficient (Wildman–Crippen LogP) is 4.39. The maximum Gasteiger partial charge on any atom is 0.416 e. The predicted molar refractivity (Wildman–Crippen MR) is 85.1 cm³/mol. The van der Waals surface area contributed by atoms with Crippen LogP contribution in [-0.4, -0.2) is 12.5 Å². The molecule has 0 fully saturated rings. The van der Waals surface area contributed by atoms with Gasteiger partial charge in [0.1, 0.15) is 11.5 Å². The van der Waals surface area contributed by atoms with Crippen molar-refractivity contribution in [1.29, 1.82) is 5.26 Å². The van der Waals surface area contributed by atoms with E-state index in [1.165, 1.54) is 24.3 Å². The number of amides is 1. The van der Waals surface area contributed by atoms with Gasteiger partial charge in [0.25, 0.3) is 5.91 Å². The van der Waals surface area contributed by atoms with Crippen LogP contribution in [0, 0.1) is 17.2 Å². The lowest BCUT2D eigenvalue weighted by atomic mass is 10.1. The largest absolute Gasteiger partial charge is 0.457 e. The topological polar surface area (TPSA) is 62.1 Å². The molecule has 1 N–H and O–H groups in total. The number of carbonyl (C=O) groups is 1. The molecule has 0 aliphatic heterocycles. The Morgan fingerprint density at radius 1 is 1.20 bits per heavy atom. The Morgan fingerprint density at radius 2 is 1.84 bits per heavy atom. The van der Waals surface area contributed by atoms with Gasteiger partial charge in [-0.05, 0) is 43.3 Å². The molecule has 0 aliphatic rings. The third-order valence-electron chi connectivity index (χ3n) is 3.28. The fourth-order valence-electron chi connectivity index (χ4n) is 1.97. The van der Waals surface area contributed by atoms with Crippen molar-refractivity contribution >= 4 is 5.91 Å². The number of nitrogens with zero attached hydrogens (tertiary/aromatic N) is 1. The zero-order valence-electron chi connectivity index (χ0n) is 13.3. The van der Waals surface area contributed by atoms with E-state index in [4.69, 9.17) is 10.00 Å². The third-order valence-corrected chi connectivity index (χ3v) is 3.28. The first-order chi connectivity index (χ1) is 11.8. The quantitative estimate of drug-likeness (QED) is 0.872. The number of hydrogen-bond acceptors (Lipinski definition) is 3. The van der Waals surface area contributed by atoms with Gasteiger partial charge < -0.3 is 10.1 Å². The Hall–Kier alpha value is -3.01. The SMILES string of the molecule is CC(C#N)CNC(=O)c1cccc(Oc2cccc(C(F)(F)F)c2)c1. The highest BCUT2D eigenvalue weighted by molar-refractivity contribution is 5.94. The molecular weight excluding hydrogens is 333 g/mol. The smallest absolute Gasteiger partial charge is 0.416 e. The summed E-state index contributed by atoms with van der Waals surface area (Å²) < 4.78 is 43.6. The molecular formula is C18H15F3N2O2. The van der Waals surface area contributed by atoms with Crippen LogP contribution < -0.4 is 10.1 Å². The molecule has 0 aliphatic carbocycles. The van der Waals surface area contributed by atoms with Crippen LogP contribution in [0.2, 0.25) is 0 Å². The van der Waals surface area contributed by atoms with Gasteiger partial charge in [-0.25, -0.2) is 0 Å². The van der Waals surface area contributed by atoms with E-state index in [0.717, 1.165) is 12.1 Å². The van der Waals surface area contributed by atoms with Crippen LogP contribution in [0.5, 0.6) is 11.5 Å². The van der Waals surface area contributed by atoms with E-state index in [1.54, 1.807) is 19.1 Å². The molecule has 0 bridgehead atoms. The molecule has 2 aromatic carbocycles. The van der Waals surface area contributed by atoms with Crippen molar-refractivity contribution in [3.63, 3.8) is 0 Å². The third kappa shape index (κ3) is 5.24.